The minimum absolute atomic E-state index is 0.0184. The van der Waals surface area contributed by atoms with E-state index in [9.17, 15) is 9.59 Å². The van der Waals surface area contributed by atoms with Crippen LogP contribution in [-0.2, 0) is 27.4 Å². The molecule has 7 rings (SSSR count). The van der Waals surface area contributed by atoms with Crippen LogP contribution in [0.2, 0.25) is 20.1 Å². The van der Waals surface area contributed by atoms with Crippen molar-refractivity contribution in [2.45, 2.75) is 32.0 Å². The molecule has 0 aliphatic heterocycles. The highest BCUT2D eigenvalue weighted by atomic mass is 35.5. The first-order valence-corrected chi connectivity index (χ1v) is 21.8. The molecule has 344 valence electrons. The fourth-order valence-electron chi connectivity index (χ4n) is 6.74. The third kappa shape index (κ3) is 10.7. The van der Waals surface area contributed by atoms with Gasteiger partial charge in [-0.3, -0.25) is 9.59 Å². The van der Waals surface area contributed by atoms with Crippen molar-refractivity contribution in [2.75, 3.05) is 58.8 Å². The van der Waals surface area contributed by atoms with Crippen molar-refractivity contribution in [1.82, 2.24) is 40.5 Å². The van der Waals surface area contributed by atoms with E-state index in [0.717, 1.165) is 18.9 Å². The van der Waals surface area contributed by atoms with Crippen LogP contribution < -0.4 is 40.2 Å². The Balaban J connectivity index is 1.26. The van der Waals surface area contributed by atoms with Crippen LogP contribution >= 0.6 is 46.4 Å². The number of halogens is 4. The van der Waals surface area contributed by atoms with Crippen LogP contribution in [0.25, 0.3) is 44.3 Å². The van der Waals surface area contributed by atoms with Gasteiger partial charge in [-0.1, -0.05) is 59.6 Å². The van der Waals surface area contributed by atoms with Gasteiger partial charge in [-0.2, -0.15) is 0 Å². The minimum atomic E-state index is -0.605. The molecule has 1 aliphatic carbocycles. The van der Waals surface area contributed by atoms with E-state index in [1.54, 1.807) is 43.8 Å². The second kappa shape index (κ2) is 21.4. The van der Waals surface area contributed by atoms with Gasteiger partial charge in [0.1, 0.15) is 52.3 Å². The molecule has 4 N–H and O–H groups in total. The fourth-order valence-corrected chi connectivity index (χ4v) is 8.10. The largest absolute Gasteiger partial charge is 0.495 e. The SMILES string of the molecule is C=CC(=O)NCc1ncc2cc(-c3c(Cl)c(OC)cc(OCC(COC)Nc4nc(-c5c(Cl)c(OC)cc(OC)c5Cl)cc5cnc(CNC(=O)C=C)nc45)c3Cl)nc(NCC3CC3)c2n1. The van der Waals surface area contributed by atoms with E-state index in [1.807, 2.05) is 0 Å². The molecule has 6 aromatic rings. The number of rotatable bonds is 21. The highest BCUT2D eigenvalue weighted by molar-refractivity contribution is 6.41. The molecular formula is C45H44Cl4N10O7. The van der Waals surface area contributed by atoms with E-state index >= 15 is 0 Å². The second-order valence-electron chi connectivity index (χ2n) is 14.8. The zero-order chi connectivity index (χ0) is 47.1. The lowest BCUT2D eigenvalue weighted by atomic mass is 10.1. The lowest BCUT2D eigenvalue weighted by Crippen LogP contribution is -2.32. The van der Waals surface area contributed by atoms with Gasteiger partial charge in [0.2, 0.25) is 11.8 Å². The Kier molecular flexibility index (Phi) is 15.5. The summed E-state index contributed by atoms with van der Waals surface area (Å²) in [5.74, 6) is 2.36. The van der Waals surface area contributed by atoms with Gasteiger partial charge in [0.25, 0.3) is 0 Å². The Morgan fingerprint density at radius 2 is 1.15 bits per heavy atom. The molecule has 1 fully saturated rings. The molecule has 1 aliphatic rings. The maximum absolute atomic E-state index is 12.0. The Bertz CT molecular complexity index is 2820. The number of nitrogens with one attached hydrogen (secondary N) is 4. The zero-order valence-corrected chi connectivity index (χ0v) is 39.2. The van der Waals surface area contributed by atoms with Gasteiger partial charge >= 0.3 is 0 Å². The molecule has 17 nitrogen and oxygen atoms in total. The summed E-state index contributed by atoms with van der Waals surface area (Å²) in [7, 11) is 5.98. The maximum Gasteiger partial charge on any atom is 0.243 e. The molecule has 0 bridgehead atoms. The van der Waals surface area contributed by atoms with Gasteiger partial charge in [-0.15, -0.1) is 0 Å². The molecule has 1 saturated carbocycles. The molecule has 2 amide bonds. The number of ether oxygens (including phenoxy) is 5. The number of amides is 2. The van der Waals surface area contributed by atoms with Gasteiger partial charge in [-0.25, -0.2) is 29.9 Å². The Morgan fingerprint density at radius 1 is 0.682 bits per heavy atom. The topological polar surface area (TPSA) is 206 Å². The number of benzene rings is 2. The Hall–Kier alpha value is -6.24. The predicted octanol–water partition coefficient (Wildman–Crippen LogP) is 8.27. The van der Waals surface area contributed by atoms with Crippen molar-refractivity contribution in [3.8, 4) is 45.5 Å². The normalized spacial score (nSPS) is 12.6. The molecule has 2 aromatic carbocycles. The van der Waals surface area contributed by atoms with Crippen molar-refractivity contribution < 1.29 is 33.3 Å². The Labute approximate surface area is 399 Å². The molecule has 4 heterocycles. The van der Waals surface area contributed by atoms with Crippen molar-refractivity contribution >= 4 is 91.7 Å². The van der Waals surface area contributed by atoms with Crippen LogP contribution in [0.3, 0.4) is 0 Å². The van der Waals surface area contributed by atoms with Crippen LogP contribution in [0.4, 0.5) is 11.6 Å². The number of carbonyl (C=O) groups is 2. The van der Waals surface area contributed by atoms with Crippen LogP contribution in [0.5, 0.6) is 23.0 Å². The Morgan fingerprint density at radius 3 is 1.62 bits per heavy atom. The number of carbonyl (C=O) groups excluding carboxylic acids is 2. The van der Waals surface area contributed by atoms with Crippen LogP contribution in [-0.4, -0.2) is 96.0 Å². The maximum atomic E-state index is 12.0. The third-order valence-electron chi connectivity index (χ3n) is 10.3. The van der Waals surface area contributed by atoms with Crippen LogP contribution in [0, 0.1) is 5.92 Å². The molecule has 0 spiro atoms. The molecular weight excluding hydrogens is 934 g/mol. The summed E-state index contributed by atoms with van der Waals surface area (Å²) in [5, 5.41) is 14.2. The second-order valence-corrected chi connectivity index (χ2v) is 16.3. The van der Waals surface area contributed by atoms with Crippen molar-refractivity contribution in [2.24, 2.45) is 5.92 Å². The summed E-state index contributed by atoms with van der Waals surface area (Å²) >= 11 is 28.0. The summed E-state index contributed by atoms with van der Waals surface area (Å²) in [6.07, 6.45) is 7.79. The first kappa shape index (κ1) is 47.7. The number of hydrogen-bond donors (Lipinski definition) is 4. The quantitative estimate of drug-likeness (QED) is 0.0501. The van der Waals surface area contributed by atoms with Crippen molar-refractivity contribution in [3.05, 3.63) is 93.7 Å². The summed E-state index contributed by atoms with van der Waals surface area (Å²) in [5.41, 5.74) is 2.39. The molecule has 1 atom stereocenters. The number of nitrogens with zero attached hydrogens (tertiary/aromatic N) is 6. The fraction of sp³-hybridized carbons (Fsp3) is 0.289. The van der Waals surface area contributed by atoms with Gasteiger partial charge < -0.3 is 45.0 Å². The van der Waals surface area contributed by atoms with Gasteiger partial charge in [0.05, 0.1) is 78.5 Å². The molecule has 0 radical (unpaired) electrons. The lowest BCUT2D eigenvalue weighted by Gasteiger charge is -2.22. The van der Waals surface area contributed by atoms with E-state index in [2.05, 4.69) is 44.4 Å². The number of hydrogen-bond acceptors (Lipinski definition) is 15. The highest BCUT2D eigenvalue weighted by Crippen LogP contribution is 2.48. The third-order valence-corrected chi connectivity index (χ3v) is 11.8. The van der Waals surface area contributed by atoms with Crippen molar-refractivity contribution in [3.63, 3.8) is 0 Å². The molecule has 66 heavy (non-hydrogen) atoms. The predicted molar refractivity (Wildman–Crippen MR) is 255 cm³/mol. The summed E-state index contributed by atoms with van der Waals surface area (Å²) in [4.78, 5) is 52.3. The zero-order valence-electron chi connectivity index (χ0n) is 36.2. The summed E-state index contributed by atoms with van der Waals surface area (Å²) in [6, 6.07) is 6.06. The average molecular weight is 979 g/mol. The number of pyridine rings is 2. The van der Waals surface area contributed by atoms with E-state index in [0.29, 0.717) is 85.7 Å². The highest BCUT2D eigenvalue weighted by Gasteiger charge is 2.27. The van der Waals surface area contributed by atoms with Crippen LogP contribution in [0.1, 0.15) is 24.5 Å². The first-order valence-electron chi connectivity index (χ1n) is 20.3. The summed E-state index contributed by atoms with van der Waals surface area (Å²) < 4.78 is 28.9. The van der Waals surface area contributed by atoms with E-state index < -0.39 is 11.9 Å². The lowest BCUT2D eigenvalue weighted by molar-refractivity contribution is -0.117. The minimum Gasteiger partial charge on any atom is -0.495 e. The number of anilines is 2. The number of methoxy groups -OCH3 is 4. The molecule has 0 saturated heterocycles. The monoisotopic (exact) mass is 976 g/mol. The number of fused-ring (bicyclic) bond motifs is 2. The molecule has 4 aromatic heterocycles. The molecule has 21 heteroatoms. The summed E-state index contributed by atoms with van der Waals surface area (Å²) in [6.45, 7) is 7.88. The van der Waals surface area contributed by atoms with Gasteiger partial charge in [-0.05, 0) is 43.0 Å². The van der Waals surface area contributed by atoms with Gasteiger partial charge in [0.15, 0.2) is 11.6 Å². The molecule has 1 unspecified atom stereocenters. The van der Waals surface area contributed by atoms with Crippen molar-refractivity contribution in [1.29, 1.82) is 0 Å². The average Bonchev–Trinajstić information content (AvgIpc) is 4.16. The van der Waals surface area contributed by atoms with Crippen LogP contribution in [0.15, 0.2) is 62.0 Å². The van der Waals surface area contributed by atoms with E-state index in [4.69, 9.17) is 90.0 Å². The van der Waals surface area contributed by atoms with E-state index in [-0.39, 0.29) is 69.6 Å². The standard InChI is InChI=1S/C45H44Cl4N10O7/c1-7-34(60)52-18-32-50-16-23-11-26(56-44(42(23)58-32)54-15-22-9-10-22)37-40(48)30(65-6)14-31(41(37)49)66-21-25(20-62-3)55-45-43-24(17-51-33(59-43)19-53-35(61)8-2)12-27(57-45)36-38(46)28(63-4)13-29(64-5)39(36)47/h7-8,11-14,16-17,22,25H,1-2,9-10,15,18-21H2,3-6H3,(H,52,60)(H,53,61)(H,54,56)(H,55,57). The number of aromatic nitrogens is 6. The smallest absolute Gasteiger partial charge is 0.243 e. The van der Waals surface area contributed by atoms with Gasteiger partial charge in [0, 0.05) is 60.1 Å². The van der Waals surface area contributed by atoms with E-state index in [1.165, 1.54) is 27.4 Å². The first-order chi connectivity index (χ1) is 31.9.